The first-order valence-corrected chi connectivity index (χ1v) is 14.8. The second-order valence-corrected chi connectivity index (χ2v) is 11.1. The van der Waals surface area contributed by atoms with Crippen molar-refractivity contribution in [3.8, 4) is 11.5 Å². The normalized spacial score (nSPS) is 20.9. The van der Waals surface area contributed by atoms with Gasteiger partial charge in [-0.25, -0.2) is 0 Å². The Morgan fingerprint density at radius 1 is 1.05 bits per heavy atom. The van der Waals surface area contributed by atoms with Gasteiger partial charge in [0.05, 0.1) is 12.7 Å². The molecule has 3 aliphatic rings. The average Bonchev–Trinajstić information content (AvgIpc) is 3.59. The molecule has 2 unspecified atom stereocenters. The minimum atomic E-state index is -0.272. The van der Waals surface area contributed by atoms with Gasteiger partial charge >= 0.3 is 0 Å². The maximum atomic E-state index is 13.9. The summed E-state index contributed by atoms with van der Waals surface area (Å²) in [7, 11) is 0. The molecule has 40 heavy (non-hydrogen) atoms. The summed E-state index contributed by atoms with van der Waals surface area (Å²) in [6.07, 6.45) is 5.10. The highest BCUT2D eigenvalue weighted by Gasteiger charge is 2.55. The molecule has 212 valence electrons. The van der Waals surface area contributed by atoms with Crippen molar-refractivity contribution < 1.29 is 19.0 Å². The molecule has 1 aliphatic carbocycles. The van der Waals surface area contributed by atoms with Gasteiger partial charge in [0.25, 0.3) is 5.91 Å². The Kier molecular flexibility index (Phi) is 8.75. The lowest BCUT2D eigenvalue weighted by atomic mass is 9.83. The number of halogens is 1. The van der Waals surface area contributed by atoms with Crippen LogP contribution in [0.3, 0.4) is 0 Å². The summed E-state index contributed by atoms with van der Waals surface area (Å²) in [5.74, 6) is 1.19. The van der Waals surface area contributed by atoms with Crippen LogP contribution in [0.4, 0.5) is 4.39 Å². The molecule has 3 aromatic carbocycles. The van der Waals surface area contributed by atoms with E-state index in [0.717, 1.165) is 67.8 Å². The van der Waals surface area contributed by atoms with E-state index in [4.69, 9.17) is 4.74 Å². The van der Waals surface area contributed by atoms with Crippen LogP contribution < -0.4 is 4.74 Å². The van der Waals surface area contributed by atoms with Crippen LogP contribution in [0.1, 0.15) is 72.6 Å². The summed E-state index contributed by atoms with van der Waals surface area (Å²) in [4.78, 5) is 18.3. The van der Waals surface area contributed by atoms with Gasteiger partial charge in [0.15, 0.2) is 0 Å². The molecular weight excluding hydrogens is 503 g/mol. The fourth-order valence-corrected chi connectivity index (χ4v) is 6.32. The minimum absolute atomic E-state index is 0.0744. The van der Waals surface area contributed by atoms with Crippen molar-refractivity contribution in [1.29, 1.82) is 0 Å². The number of amides is 1. The molecule has 1 N–H and O–H groups in total. The Labute approximate surface area is 237 Å². The van der Waals surface area contributed by atoms with Gasteiger partial charge in [-0.2, -0.15) is 0 Å². The highest BCUT2D eigenvalue weighted by molar-refractivity contribution is 5.95. The molecule has 2 aliphatic heterocycles. The van der Waals surface area contributed by atoms with Crippen LogP contribution >= 0.6 is 0 Å². The SMILES string of the molecule is CC.O=C(c1ccccc1)N1C(Cc2ccc(OC3CCN(CCCF)C3)cc2)c2ccc(O)cc2CC12CC2. The van der Waals surface area contributed by atoms with Gasteiger partial charge in [0.1, 0.15) is 17.6 Å². The molecule has 1 spiro atoms. The molecule has 3 aromatic rings. The molecule has 1 saturated carbocycles. The highest BCUT2D eigenvalue weighted by atomic mass is 19.1. The zero-order valence-electron chi connectivity index (χ0n) is 23.7. The van der Waals surface area contributed by atoms with Crippen molar-refractivity contribution in [3.05, 3.63) is 95.1 Å². The lowest BCUT2D eigenvalue weighted by molar-refractivity contribution is 0.0486. The highest BCUT2D eigenvalue weighted by Crippen LogP contribution is 2.54. The second-order valence-electron chi connectivity index (χ2n) is 11.1. The molecule has 0 radical (unpaired) electrons. The number of carbonyl (C=O) groups excluding carboxylic acids is 1. The largest absolute Gasteiger partial charge is 0.508 e. The van der Waals surface area contributed by atoms with Crippen molar-refractivity contribution in [2.24, 2.45) is 0 Å². The van der Waals surface area contributed by atoms with Crippen LogP contribution in [-0.2, 0) is 12.8 Å². The standard InChI is InChI=1S/C32H35FN2O3.C2H6/c33-16-4-17-34-18-13-28(22-34)38-27-10-7-23(8-11-27)19-30-29-12-9-26(36)20-25(29)21-32(14-15-32)35(30)31(37)24-5-2-1-3-6-24;1-2/h1-3,5-12,20,28,30,36H,4,13-19,21-22H2;1-2H3. The van der Waals surface area contributed by atoms with Crippen molar-refractivity contribution in [3.63, 3.8) is 0 Å². The summed E-state index contributed by atoms with van der Waals surface area (Å²) in [5.41, 5.74) is 3.93. The number of aromatic hydroxyl groups is 1. The van der Waals surface area contributed by atoms with E-state index in [1.807, 2.05) is 68.4 Å². The van der Waals surface area contributed by atoms with E-state index in [0.29, 0.717) is 18.4 Å². The monoisotopic (exact) mass is 544 g/mol. The van der Waals surface area contributed by atoms with Crippen LogP contribution in [0.5, 0.6) is 11.5 Å². The lowest BCUT2D eigenvalue weighted by Crippen LogP contribution is -2.49. The molecule has 2 atom stereocenters. The third kappa shape index (κ3) is 6.02. The second kappa shape index (κ2) is 12.4. The molecule has 1 amide bonds. The number of phenolic OH excluding ortho intramolecular Hbond substituents is 1. The number of hydrogen-bond donors (Lipinski definition) is 1. The van der Waals surface area contributed by atoms with Crippen molar-refractivity contribution in [1.82, 2.24) is 9.80 Å². The van der Waals surface area contributed by atoms with Crippen LogP contribution in [0.15, 0.2) is 72.8 Å². The van der Waals surface area contributed by atoms with Gasteiger partial charge in [-0.3, -0.25) is 14.1 Å². The van der Waals surface area contributed by atoms with Gasteiger partial charge in [0.2, 0.25) is 0 Å². The molecule has 6 rings (SSSR count). The number of phenols is 1. The Morgan fingerprint density at radius 2 is 1.80 bits per heavy atom. The number of fused-ring (bicyclic) bond motifs is 1. The predicted molar refractivity (Wildman–Crippen MR) is 157 cm³/mol. The topological polar surface area (TPSA) is 53.0 Å². The Morgan fingerprint density at radius 3 is 2.50 bits per heavy atom. The number of carbonyl (C=O) groups is 1. The maximum absolute atomic E-state index is 13.9. The molecule has 2 fully saturated rings. The Balaban J connectivity index is 0.00000158. The summed E-state index contributed by atoms with van der Waals surface area (Å²) >= 11 is 0. The zero-order chi connectivity index (χ0) is 28.1. The third-order valence-electron chi connectivity index (χ3n) is 8.39. The van der Waals surface area contributed by atoms with Gasteiger partial charge < -0.3 is 14.7 Å². The summed E-state index contributed by atoms with van der Waals surface area (Å²) in [5, 5.41) is 10.2. The first kappa shape index (κ1) is 28.2. The molecule has 0 bridgehead atoms. The molecule has 2 heterocycles. The van der Waals surface area contributed by atoms with E-state index in [1.54, 1.807) is 6.07 Å². The van der Waals surface area contributed by atoms with E-state index in [1.165, 1.54) is 0 Å². The molecule has 1 saturated heterocycles. The molecule has 0 aromatic heterocycles. The van der Waals surface area contributed by atoms with Crippen LogP contribution in [0.25, 0.3) is 0 Å². The van der Waals surface area contributed by atoms with Gasteiger partial charge in [-0.05, 0) is 91.6 Å². The van der Waals surface area contributed by atoms with Gasteiger partial charge in [-0.15, -0.1) is 0 Å². The number of rotatable bonds is 8. The van der Waals surface area contributed by atoms with E-state index < -0.39 is 0 Å². The summed E-state index contributed by atoms with van der Waals surface area (Å²) in [6, 6.07) is 23.3. The minimum Gasteiger partial charge on any atom is -0.508 e. The number of hydrogen-bond acceptors (Lipinski definition) is 4. The Bertz CT molecular complexity index is 1280. The molecule has 5 nitrogen and oxygen atoms in total. The van der Waals surface area contributed by atoms with E-state index >= 15 is 0 Å². The summed E-state index contributed by atoms with van der Waals surface area (Å²) < 4.78 is 18.7. The van der Waals surface area contributed by atoms with Crippen LogP contribution in [0, 0.1) is 0 Å². The number of alkyl halides is 1. The lowest BCUT2D eigenvalue weighted by Gasteiger charge is -2.44. The van der Waals surface area contributed by atoms with Crippen LogP contribution in [-0.4, -0.2) is 58.8 Å². The first-order chi connectivity index (χ1) is 19.5. The fourth-order valence-electron chi connectivity index (χ4n) is 6.32. The number of nitrogens with zero attached hydrogens (tertiary/aromatic N) is 2. The van der Waals surface area contributed by atoms with E-state index in [9.17, 15) is 14.3 Å². The van der Waals surface area contributed by atoms with E-state index in [2.05, 4.69) is 21.9 Å². The van der Waals surface area contributed by atoms with E-state index in [-0.39, 0.29) is 36.0 Å². The number of likely N-dealkylation sites (tertiary alicyclic amines) is 1. The zero-order valence-corrected chi connectivity index (χ0v) is 23.7. The number of ether oxygens (including phenoxy) is 1. The molecular formula is C34H41FN2O3. The molecule has 6 heteroatoms. The average molecular weight is 545 g/mol. The predicted octanol–water partition coefficient (Wildman–Crippen LogP) is 6.75. The maximum Gasteiger partial charge on any atom is 0.254 e. The van der Waals surface area contributed by atoms with Crippen LogP contribution in [0.2, 0.25) is 0 Å². The quantitative estimate of drug-likeness (QED) is 0.341. The van der Waals surface area contributed by atoms with Gasteiger partial charge in [-0.1, -0.05) is 50.2 Å². The van der Waals surface area contributed by atoms with Crippen molar-refractivity contribution in [2.45, 2.75) is 70.1 Å². The Hall–Kier alpha value is -3.38. The summed E-state index contributed by atoms with van der Waals surface area (Å²) in [6.45, 7) is 6.31. The van der Waals surface area contributed by atoms with Gasteiger partial charge in [0, 0.05) is 30.7 Å². The first-order valence-electron chi connectivity index (χ1n) is 14.8. The fraction of sp³-hybridized carbons (Fsp3) is 0.441. The smallest absolute Gasteiger partial charge is 0.254 e. The van der Waals surface area contributed by atoms with Crippen molar-refractivity contribution in [2.75, 3.05) is 26.3 Å². The number of benzene rings is 3. The third-order valence-corrected chi connectivity index (χ3v) is 8.39. The van der Waals surface area contributed by atoms with Crippen molar-refractivity contribution >= 4 is 5.91 Å².